The molecule has 0 unspecified atom stereocenters. The molecule has 0 radical (unpaired) electrons. The lowest BCUT2D eigenvalue weighted by molar-refractivity contribution is 0.102. The highest BCUT2D eigenvalue weighted by Crippen LogP contribution is 2.26. The van der Waals surface area contributed by atoms with Crippen molar-refractivity contribution in [1.82, 2.24) is 0 Å². The molecule has 1 amide bonds. The van der Waals surface area contributed by atoms with Gasteiger partial charge in [-0.3, -0.25) is 4.79 Å². The van der Waals surface area contributed by atoms with Crippen LogP contribution < -0.4 is 11.1 Å². The molecule has 19 heavy (non-hydrogen) atoms. The lowest BCUT2D eigenvalue weighted by atomic mass is 10.1. The number of hydrogen-bond acceptors (Lipinski definition) is 2. The number of carbonyl (C=O) groups excluding carboxylic acids is 1. The fraction of sp³-hybridized carbons (Fsp3) is 0.0714. The molecule has 0 atom stereocenters. The molecular weight excluding hydrogens is 283 g/mol. The Balaban J connectivity index is 2.28. The number of nitrogens with two attached hydrogens (primary N) is 1. The van der Waals surface area contributed by atoms with Crippen LogP contribution in [0, 0.1) is 6.92 Å². The van der Waals surface area contributed by atoms with Gasteiger partial charge in [0.05, 0.1) is 15.6 Å². The first kappa shape index (κ1) is 13.7. The van der Waals surface area contributed by atoms with Gasteiger partial charge in [0, 0.05) is 11.4 Å². The fourth-order valence-electron chi connectivity index (χ4n) is 1.63. The van der Waals surface area contributed by atoms with Gasteiger partial charge in [0.2, 0.25) is 0 Å². The van der Waals surface area contributed by atoms with E-state index in [-0.39, 0.29) is 11.5 Å². The molecule has 0 saturated carbocycles. The molecule has 3 N–H and O–H groups in total. The molecule has 98 valence electrons. The Morgan fingerprint density at radius 2 is 1.79 bits per heavy atom. The van der Waals surface area contributed by atoms with Crippen molar-refractivity contribution in [3.8, 4) is 0 Å². The van der Waals surface area contributed by atoms with Gasteiger partial charge in [-0.15, -0.1) is 0 Å². The smallest absolute Gasteiger partial charge is 0.258 e. The van der Waals surface area contributed by atoms with Crippen molar-refractivity contribution in [2.75, 3.05) is 11.1 Å². The van der Waals surface area contributed by atoms with Gasteiger partial charge in [-0.2, -0.15) is 0 Å². The molecule has 0 saturated heterocycles. The van der Waals surface area contributed by atoms with Gasteiger partial charge in [0.25, 0.3) is 5.91 Å². The zero-order chi connectivity index (χ0) is 14.0. The number of rotatable bonds is 2. The molecule has 0 fully saturated rings. The summed E-state index contributed by atoms with van der Waals surface area (Å²) in [4.78, 5) is 12.1. The first-order valence-electron chi connectivity index (χ1n) is 5.60. The van der Waals surface area contributed by atoms with Crippen molar-refractivity contribution in [2.24, 2.45) is 0 Å². The fourth-order valence-corrected chi connectivity index (χ4v) is 2.20. The van der Waals surface area contributed by atoms with Crippen molar-refractivity contribution in [3.63, 3.8) is 0 Å². The second-order valence-electron chi connectivity index (χ2n) is 4.12. The quantitative estimate of drug-likeness (QED) is 0.818. The third kappa shape index (κ3) is 3.00. The van der Waals surface area contributed by atoms with Gasteiger partial charge in [-0.25, -0.2) is 0 Å². The molecule has 0 aliphatic heterocycles. The summed E-state index contributed by atoms with van der Waals surface area (Å²) in [6.45, 7) is 1.89. The Bertz CT molecular complexity index is 621. The van der Waals surface area contributed by atoms with Crippen molar-refractivity contribution < 1.29 is 4.79 Å². The third-order valence-electron chi connectivity index (χ3n) is 2.73. The first-order valence-corrected chi connectivity index (χ1v) is 6.36. The minimum atomic E-state index is -0.362. The molecule has 3 nitrogen and oxygen atoms in total. The second kappa shape index (κ2) is 5.51. The Morgan fingerprint density at radius 1 is 1.16 bits per heavy atom. The third-order valence-corrected chi connectivity index (χ3v) is 3.36. The van der Waals surface area contributed by atoms with Gasteiger partial charge >= 0.3 is 0 Å². The Kier molecular flexibility index (Phi) is 3.98. The van der Waals surface area contributed by atoms with Crippen molar-refractivity contribution in [1.29, 1.82) is 0 Å². The maximum absolute atomic E-state index is 12.1. The summed E-state index contributed by atoms with van der Waals surface area (Å²) in [6.07, 6.45) is 0. The lowest BCUT2D eigenvalue weighted by Gasteiger charge is -2.09. The molecule has 0 aromatic heterocycles. The van der Waals surface area contributed by atoms with Crippen LogP contribution in [0.4, 0.5) is 11.4 Å². The van der Waals surface area contributed by atoms with E-state index >= 15 is 0 Å². The van der Waals surface area contributed by atoms with E-state index in [1.54, 1.807) is 30.3 Å². The van der Waals surface area contributed by atoms with E-state index in [1.165, 1.54) is 0 Å². The number of carbonyl (C=O) groups is 1. The van der Waals surface area contributed by atoms with Crippen LogP contribution in [-0.2, 0) is 0 Å². The van der Waals surface area contributed by atoms with E-state index in [0.29, 0.717) is 21.4 Å². The van der Waals surface area contributed by atoms with Crippen LogP contribution in [0.1, 0.15) is 15.9 Å². The zero-order valence-electron chi connectivity index (χ0n) is 10.2. The molecule has 0 bridgehead atoms. The minimum Gasteiger partial charge on any atom is -0.398 e. The van der Waals surface area contributed by atoms with Gasteiger partial charge in [-0.05, 0) is 36.8 Å². The van der Waals surface area contributed by atoms with Crippen LogP contribution in [-0.4, -0.2) is 5.91 Å². The lowest BCUT2D eigenvalue weighted by Crippen LogP contribution is -2.13. The van der Waals surface area contributed by atoms with Gasteiger partial charge in [-0.1, -0.05) is 35.3 Å². The number of nitrogen functional groups attached to an aromatic ring is 1. The second-order valence-corrected chi connectivity index (χ2v) is 4.94. The summed E-state index contributed by atoms with van der Waals surface area (Å²) in [5.41, 5.74) is 8.21. The average Bonchev–Trinajstić information content (AvgIpc) is 2.33. The minimum absolute atomic E-state index is 0.255. The summed E-state index contributed by atoms with van der Waals surface area (Å²) < 4.78 is 0. The highest BCUT2D eigenvalue weighted by molar-refractivity contribution is 6.40. The van der Waals surface area contributed by atoms with Crippen LogP contribution in [0.5, 0.6) is 0 Å². The maximum Gasteiger partial charge on any atom is 0.258 e. The Labute approximate surface area is 121 Å². The molecule has 2 rings (SSSR count). The van der Waals surface area contributed by atoms with Crippen molar-refractivity contribution in [2.45, 2.75) is 6.92 Å². The molecule has 0 aliphatic carbocycles. The van der Waals surface area contributed by atoms with Crippen LogP contribution in [0.15, 0.2) is 36.4 Å². The number of nitrogens with one attached hydrogen (secondary N) is 1. The predicted molar refractivity (Wildman–Crippen MR) is 80.0 cm³/mol. The molecular formula is C14H12Cl2N2O. The van der Waals surface area contributed by atoms with Crippen molar-refractivity contribution in [3.05, 3.63) is 57.6 Å². The normalized spacial score (nSPS) is 10.3. The SMILES string of the molecule is Cc1ccc(NC(=O)c2c(Cl)cccc2Cl)cc1N. The van der Waals surface area contributed by atoms with E-state index in [1.807, 2.05) is 13.0 Å². The molecule has 2 aromatic rings. The number of aryl methyl sites for hydroxylation is 1. The largest absolute Gasteiger partial charge is 0.398 e. The Hall–Kier alpha value is -1.71. The number of benzene rings is 2. The number of hydrogen-bond donors (Lipinski definition) is 2. The highest BCUT2D eigenvalue weighted by Gasteiger charge is 2.14. The van der Waals surface area contributed by atoms with Gasteiger partial charge in [0.1, 0.15) is 0 Å². The summed E-state index contributed by atoms with van der Waals surface area (Å²) >= 11 is 12.0. The average molecular weight is 295 g/mol. The monoisotopic (exact) mass is 294 g/mol. The summed E-state index contributed by atoms with van der Waals surface area (Å²) in [5.74, 6) is -0.362. The van der Waals surface area contributed by atoms with E-state index in [0.717, 1.165) is 5.56 Å². The molecule has 5 heteroatoms. The zero-order valence-corrected chi connectivity index (χ0v) is 11.7. The van der Waals surface area contributed by atoms with Crippen molar-refractivity contribution >= 4 is 40.5 Å². The highest BCUT2D eigenvalue weighted by atomic mass is 35.5. The van der Waals surface area contributed by atoms with Crippen LogP contribution in [0.2, 0.25) is 10.0 Å². The Morgan fingerprint density at radius 3 is 2.37 bits per heavy atom. The summed E-state index contributed by atoms with van der Waals surface area (Å²) in [7, 11) is 0. The van der Waals surface area contributed by atoms with E-state index < -0.39 is 0 Å². The van der Waals surface area contributed by atoms with E-state index in [2.05, 4.69) is 5.32 Å². The summed E-state index contributed by atoms with van der Waals surface area (Å²) in [5, 5.41) is 3.34. The van der Waals surface area contributed by atoms with Crippen LogP contribution >= 0.6 is 23.2 Å². The number of halogens is 2. The summed E-state index contributed by atoms with van der Waals surface area (Å²) in [6, 6.07) is 10.2. The molecule has 0 aliphatic rings. The predicted octanol–water partition coefficient (Wildman–Crippen LogP) is 4.14. The number of anilines is 2. The topological polar surface area (TPSA) is 55.1 Å². The molecule has 0 heterocycles. The standard InChI is InChI=1S/C14H12Cl2N2O/c1-8-5-6-9(7-12(8)17)18-14(19)13-10(15)3-2-4-11(13)16/h2-7H,17H2,1H3,(H,18,19). The number of amides is 1. The van der Waals surface area contributed by atoms with Gasteiger partial charge in [0.15, 0.2) is 0 Å². The van der Waals surface area contributed by atoms with Gasteiger partial charge < -0.3 is 11.1 Å². The van der Waals surface area contributed by atoms with Crippen LogP contribution in [0.25, 0.3) is 0 Å². The van der Waals surface area contributed by atoms with Crippen LogP contribution in [0.3, 0.4) is 0 Å². The van der Waals surface area contributed by atoms with E-state index in [9.17, 15) is 4.79 Å². The molecule has 0 spiro atoms. The maximum atomic E-state index is 12.1. The van der Waals surface area contributed by atoms with E-state index in [4.69, 9.17) is 28.9 Å². The molecule has 2 aromatic carbocycles. The first-order chi connectivity index (χ1) is 8.99.